The minimum absolute atomic E-state index is 0.000231. The largest absolute Gasteiger partial charge is 0.466 e. The lowest BCUT2D eigenvalue weighted by molar-refractivity contribution is -0.148. The highest BCUT2D eigenvalue weighted by Crippen LogP contribution is 2.45. The molecule has 1 aliphatic heterocycles. The van der Waals surface area contributed by atoms with Crippen LogP contribution in [-0.2, 0) is 16.0 Å². The monoisotopic (exact) mass is 310 g/mol. The van der Waals surface area contributed by atoms with Gasteiger partial charge in [0, 0.05) is 5.92 Å². The molecule has 0 fully saturated rings. The van der Waals surface area contributed by atoms with Crippen LogP contribution in [0.1, 0.15) is 29.5 Å². The lowest BCUT2D eigenvalue weighted by atomic mass is 9.85. The van der Waals surface area contributed by atoms with E-state index in [1.54, 1.807) is 0 Å². The van der Waals surface area contributed by atoms with Gasteiger partial charge in [-0.25, -0.2) is 0 Å². The van der Waals surface area contributed by atoms with Gasteiger partial charge in [0.25, 0.3) is 0 Å². The zero-order chi connectivity index (χ0) is 15.8. The Balaban J connectivity index is 1.77. The van der Waals surface area contributed by atoms with E-state index in [9.17, 15) is 4.79 Å². The molecule has 0 N–H and O–H groups in total. The second-order valence-electron chi connectivity index (χ2n) is 5.85. The summed E-state index contributed by atoms with van der Waals surface area (Å²) >= 11 is 0. The van der Waals surface area contributed by atoms with Gasteiger partial charge in [-0.3, -0.25) is 4.79 Å². The summed E-state index contributed by atoms with van der Waals surface area (Å²) in [5, 5.41) is 0. The highest BCUT2D eigenvalue weighted by Gasteiger charge is 2.39. The Morgan fingerprint density at radius 3 is 2.87 bits per heavy atom. The molecule has 0 spiro atoms. The van der Waals surface area contributed by atoms with Gasteiger partial charge < -0.3 is 14.2 Å². The highest BCUT2D eigenvalue weighted by atomic mass is 16.7. The molecule has 23 heavy (non-hydrogen) atoms. The topological polar surface area (TPSA) is 44.8 Å². The van der Waals surface area contributed by atoms with Gasteiger partial charge in [0.05, 0.1) is 12.5 Å². The molecule has 2 aromatic rings. The number of benzene rings is 2. The number of esters is 1. The fourth-order valence-electron chi connectivity index (χ4n) is 3.58. The van der Waals surface area contributed by atoms with Gasteiger partial charge in [0.15, 0.2) is 11.5 Å². The van der Waals surface area contributed by atoms with E-state index in [0.29, 0.717) is 13.0 Å². The van der Waals surface area contributed by atoms with Crippen LogP contribution in [0.5, 0.6) is 11.5 Å². The Kier molecular flexibility index (Phi) is 3.45. The summed E-state index contributed by atoms with van der Waals surface area (Å²) in [6.45, 7) is 2.50. The second kappa shape index (κ2) is 5.61. The highest BCUT2D eigenvalue weighted by molar-refractivity contribution is 5.77. The summed E-state index contributed by atoms with van der Waals surface area (Å²) in [6, 6.07) is 14.2. The molecule has 0 bridgehead atoms. The third-order valence-corrected chi connectivity index (χ3v) is 4.58. The van der Waals surface area contributed by atoms with Crippen LogP contribution < -0.4 is 9.47 Å². The normalized spacial score (nSPS) is 21.1. The maximum absolute atomic E-state index is 12.5. The molecular weight excluding hydrogens is 292 g/mol. The van der Waals surface area contributed by atoms with Crippen molar-refractivity contribution in [3.8, 4) is 11.5 Å². The minimum atomic E-state index is -0.187. The van der Waals surface area contributed by atoms with E-state index in [0.717, 1.165) is 17.1 Å². The fraction of sp³-hybridized carbons (Fsp3) is 0.316. The molecule has 2 unspecified atom stereocenters. The van der Waals surface area contributed by atoms with E-state index in [4.69, 9.17) is 14.2 Å². The Hall–Kier alpha value is -2.49. The molecule has 2 atom stereocenters. The van der Waals surface area contributed by atoms with E-state index < -0.39 is 0 Å². The minimum Gasteiger partial charge on any atom is -0.466 e. The molecule has 2 aliphatic rings. The molecule has 0 saturated carbocycles. The van der Waals surface area contributed by atoms with Crippen LogP contribution in [-0.4, -0.2) is 19.4 Å². The molecule has 4 rings (SSSR count). The molecule has 1 heterocycles. The van der Waals surface area contributed by atoms with Crippen LogP contribution in [0.3, 0.4) is 0 Å². The molecule has 0 aromatic heterocycles. The summed E-state index contributed by atoms with van der Waals surface area (Å²) in [7, 11) is 0. The number of rotatable bonds is 3. The van der Waals surface area contributed by atoms with Crippen LogP contribution in [0.15, 0.2) is 42.5 Å². The SMILES string of the molecule is CCOC(=O)C1Cc2ccccc2C1c1ccc2c(c1)OCO2. The van der Waals surface area contributed by atoms with Crippen molar-refractivity contribution in [1.82, 2.24) is 0 Å². The van der Waals surface area contributed by atoms with Crippen LogP contribution in [0.2, 0.25) is 0 Å². The molecule has 2 aromatic carbocycles. The van der Waals surface area contributed by atoms with E-state index in [-0.39, 0.29) is 24.6 Å². The second-order valence-corrected chi connectivity index (χ2v) is 5.85. The van der Waals surface area contributed by atoms with Crippen LogP contribution >= 0.6 is 0 Å². The first-order chi connectivity index (χ1) is 11.3. The van der Waals surface area contributed by atoms with E-state index in [1.165, 1.54) is 11.1 Å². The van der Waals surface area contributed by atoms with Gasteiger partial charge in [-0.05, 0) is 42.2 Å². The lowest BCUT2D eigenvalue weighted by Gasteiger charge is -2.20. The Bertz CT molecular complexity index is 753. The van der Waals surface area contributed by atoms with Crippen LogP contribution in [0, 0.1) is 5.92 Å². The average Bonchev–Trinajstić information content (AvgIpc) is 3.18. The predicted octanol–water partition coefficient (Wildman–Crippen LogP) is 3.28. The summed E-state index contributed by atoms with van der Waals surface area (Å²) in [6.07, 6.45) is 0.716. The number of carbonyl (C=O) groups excluding carboxylic acids is 1. The number of hydrogen-bond acceptors (Lipinski definition) is 4. The molecule has 0 amide bonds. The summed E-state index contributed by atoms with van der Waals surface area (Å²) in [5.74, 6) is 1.18. The van der Waals surface area contributed by atoms with Crippen molar-refractivity contribution in [3.05, 3.63) is 59.2 Å². The average molecular weight is 310 g/mol. The van der Waals surface area contributed by atoms with Crippen molar-refractivity contribution >= 4 is 5.97 Å². The lowest BCUT2D eigenvalue weighted by Crippen LogP contribution is -2.22. The molecule has 0 radical (unpaired) electrons. The third kappa shape index (κ3) is 2.34. The quantitative estimate of drug-likeness (QED) is 0.816. The molecule has 4 nitrogen and oxygen atoms in total. The zero-order valence-electron chi connectivity index (χ0n) is 13.0. The van der Waals surface area contributed by atoms with Crippen molar-refractivity contribution in [2.75, 3.05) is 13.4 Å². The summed E-state index contributed by atoms with van der Waals surface area (Å²) in [4.78, 5) is 12.5. The van der Waals surface area contributed by atoms with E-state index >= 15 is 0 Å². The molecule has 118 valence electrons. The van der Waals surface area contributed by atoms with Crippen molar-refractivity contribution in [2.45, 2.75) is 19.3 Å². The fourth-order valence-corrected chi connectivity index (χ4v) is 3.58. The van der Waals surface area contributed by atoms with Crippen molar-refractivity contribution in [3.63, 3.8) is 0 Å². The number of fused-ring (bicyclic) bond motifs is 2. The van der Waals surface area contributed by atoms with Gasteiger partial charge >= 0.3 is 5.97 Å². The van der Waals surface area contributed by atoms with Gasteiger partial charge in [-0.1, -0.05) is 30.3 Å². The van der Waals surface area contributed by atoms with E-state index in [1.807, 2.05) is 37.3 Å². The smallest absolute Gasteiger partial charge is 0.310 e. The Morgan fingerprint density at radius 2 is 2.00 bits per heavy atom. The standard InChI is InChI=1S/C19H18O4/c1-2-21-19(20)15-9-12-5-3-4-6-14(12)18(15)13-7-8-16-17(10-13)23-11-22-16/h3-8,10,15,18H,2,9,11H2,1H3. The van der Waals surface area contributed by atoms with Gasteiger partial charge in [-0.15, -0.1) is 0 Å². The molecular formula is C19H18O4. The Morgan fingerprint density at radius 1 is 1.17 bits per heavy atom. The first-order valence-corrected chi connectivity index (χ1v) is 7.92. The first kappa shape index (κ1) is 14.1. The molecule has 4 heteroatoms. The van der Waals surface area contributed by atoms with Gasteiger partial charge in [0.1, 0.15) is 0 Å². The first-order valence-electron chi connectivity index (χ1n) is 7.92. The molecule has 0 saturated heterocycles. The van der Waals surface area contributed by atoms with Crippen LogP contribution in [0.4, 0.5) is 0 Å². The summed E-state index contributed by atoms with van der Waals surface area (Å²) in [5.41, 5.74) is 3.48. The number of carbonyl (C=O) groups is 1. The van der Waals surface area contributed by atoms with Gasteiger partial charge in [-0.2, -0.15) is 0 Å². The third-order valence-electron chi connectivity index (χ3n) is 4.58. The van der Waals surface area contributed by atoms with Crippen molar-refractivity contribution in [2.24, 2.45) is 5.92 Å². The van der Waals surface area contributed by atoms with Gasteiger partial charge in [0.2, 0.25) is 6.79 Å². The van der Waals surface area contributed by atoms with E-state index in [2.05, 4.69) is 12.1 Å². The summed E-state index contributed by atoms with van der Waals surface area (Å²) < 4.78 is 16.2. The van der Waals surface area contributed by atoms with Crippen molar-refractivity contribution in [1.29, 1.82) is 0 Å². The van der Waals surface area contributed by atoms with Crippen LogP contribution in [0.25, 0.3) is 0 Å². The number of hydrogen-bond donors (Lipinski definition) is 0. The van der Waals surface area contributed by atoms with Crippen molar-refractivity contribution < 1.29 is 19.0 Å². The maximum Gasteiger partial charge on any atom is 0.310 e. The maximum atomic E-state index is 12.5. The zero-order valence-corrected chi connectivity index (χ0v) is 13.0. The number of ether oxygens (including phenoxy) is 3. The molecule has 1 aliphatic carbocycles. The Labute approximate surface area is 135 Å². The predicted molar refractivity (Wildman–Crippen MR) is 84.7 cm³/mol.